The van der Waals surface area contributed by atoms with Crippen molar-refractivity contribution in [2.75, 3.05) is 25.1 Å². The van der Waals surface area contributed by atoms with Gasteiger partial charge in [0.2, 0.25) is 0 Å². The van der Waals surface area contributed by atoms with E-state index in [4.69, 9.17) is 4.74 Å². The van der Waals surface area contributed by atoms with Gasteiger partial charge in [-0.05, 0) is 13.8 Å². The van der Waals surface area contributed by atoms with E-state index < -0.39 is 0 Å². The van der Waals surface area contributed by atoms with Crippen molar-refractivity contribution in [2.45, 2.75) is 32.5 Å². The molecule has 1 saturated heterocycles. The highest BCUT2D eigenvalue weighted by molar-refractivity contribution is 9.09. The average Bonchev–Trinajstić information content (AvgIpc) is 2.78. The number of hydrogen-bond donors (Lipinski definition) is 0. The maximum absolute atomic E-state index is 5.49. The third-order valence-corrected chi connectivity index (χ3v) is 3.76. The Bertz CT molecular complexity index is 355. The predicted octanol–water partition coefficient (Wildman–Crippen LogP) is 1.45. The third-order valence-electron chi connectivity index (χ3n) is 3.01. The van der Waals surface area contributed by atoms with Crippen LogP contribution in [0.25, 0.3) is 0 Å². The lowest BCUT2D eigenvalue weighted by Crippen LogP contribution is -2.46. The Morgan fingerprint density at radius 1 is 1.59 bits per heavy atom. The molecule has 1 aliphatic heterocycles. The summed E-state index contributed by atoms with van der Waals surface area (Å²) in [5.74, 6) is 1.04. The van der Waals surface area contributed by atoms with E-state index in [0.29, 0.717) is 12.1 Å². The quantitative estimate of drug-likeness (QED) is 0.790. The van der Waals surface area contributed by atoms with E-state index in [1.165, 1.54) is 0 Å². The molecule has 1 atom stereocenters. The molecule has 1 fully saturated rings. The number of hydrogen-bond acceptors (Lipinski definition) is 4. The molecule has 1 unspecified atom stereocenters. The van der Waals surface area contributed by atoms with Crippen molar-refractivity contribution < 1.29 is 4.74 Å². The molecule has 2 rings (SSSR count). The van der Waals surface area contributed by atoms with Gasteiger partial charge in [0.1, 0.15) is 12.2 Å². The molecule has 0 amide bonds. The van der Waals surface area contributed by atoms with E-state index >= 15 is 0 Å². The number of aromatic nitrogens is 3. The monoisotopic (exact) mass is 302 g/mol. The maximum atomic E-state index is 5.49. The number of nitrogens with zero attached hydrogens (tertiary/aromatic N) is 4. The summed E-state index contributed by atoms with van der Waals surface area (Å²) in [5, 5.41) is 5.20. The SMILES string of the molecule is CC(C)n1ncnc1CN1CCOCC1CBr. The van der Waals surface area contributed by atoms with Crippen LogP contribution in [0.1, 0.15) is 25.7 Å². The van der Waals surface area contributed by atoms with E-state index in [-0.39, 0.29) is 0 Å². The molecule has 0 spiro atoms. The minimum Gasteiger partial charge on any atom is -0.378 e. The van der Waals surface area contributed by atoms with Crippen molar-refractivity contribution in [3.8, 4) is 0 Å². The fourth-order valence-electron chi connectivity index (χ4n) is 2.04. The van der Waals surface area contributed by atoms with Gasteiger partial charge in [0.15, 0.2) is 0 Å². The van der Waals surface area contributed by atoms with Gasteiger partial charge >= 0.3 is 0 Å². The van der Waals surface area contributed by atoms with Crippen LogP contribution in [0.15, 0.2) is 6.33 Å². The van der Waals surface area contributed by atoms with Gasteiger partial charge < -0.3 is 4.74 Å². The molecule has 1 aliphatic rings. The Kier molecular flexibility index (Phi) is 4.53. The third kappa shape index (κ3) is 3.05. The van der Waals surface area contributed by atoms with Gasteiger partial charge in [-0.3, -0.25) is 4.90 Å². The summed E-state index contributed by atoms with van der Waals surface area (Å²) in [6, 6.07) is 0.789. The molecule has 1 aromatic heterocycles. The Morgan fingerprint density at radius 2 is 2.41 bits per heavy atom. The Morgan fingerprint density at radius 3 is 3.12 bits per heavy atom. The molecular formula is C11H19BrN4O. The normalized spacial score (nSPS) is 22.2. The van der Waals surface area contributed by atoms with Gasteiger partial charge in [-0.15, -0.1) is 0 Å². The standard InChI is InChI=1S/C11H19BrN4O/c1-9(2)16-11(13-8-14-16)6-15-3-4-17-7-10(15)5-12/h8-10H,3-7H2,1-2H3. The number of rotatable bonds is 4. The molecule has 96 valence electrons. The minimum atomic E-state index is 0.357. The van der Waals surface area contributed by atoms with Crippen LogP contribution in [-0.4, -0.2) is 50.8 Å². The second-order valence-corrected chi connectivity index (χ2v) is 5.22. The van der Waals surface area contributed by atoms with E-state index in [1.807, 2.05) is 4.68 Å². The highest BCUT2D eigenvalue weighted by atomic mass is 79.9. The highest BCUT2D eigenvalue weighted by Crippen LogP contribution is 2.14. The van der Waals surface area contributed by atoms with Crippen molar-refractivity contribution in [2.24, 2.45) is 0 Å². The molecule has 1 aromatic rings. The molecule has 0 N–H and O–H groups in total. The van der Waals surface area contributed by atoms with Gasteiger partial charge in [-0.25, -0.2) is 9.67 Å². The first kappa shape index (κ1) is 13.0. The van der Waals surface area contributed by atoms with Crippen LogP contribution in [0, 0.1) is 0 Å². The smallest absolute Gasteiger partial charge is 0.141 e. The first-order valence-corrected chi connectivity index (χ1v) is 7.10. The molecule has 2 heterocycles. The summed E-state index contributed by atoms with van der Waals surface area (Å²) in [6.45, 7) is 7.65. The van der Waals surface area contributed by atoms with Gasteiger partial charge in [-0.2, -0.15) is 5.10 Å². The average molecular weight is 303 g/mol. The van der Waals surface area contributed by atoms with E-state index in [0.717, 1.165) is 37.5 Å². The van der Waals surface area contributed by atoms with Crippen LogP contribution < -0.4 is 0 Å². The van der Waals surface area contributed by atoms with Crippen LogP contribution in [0.5, 0.6) is 0 Å². The lowest BCUT2D eigenvalue weighted by Gasteiger charge is -2.34. The number of halogens is 1. The second-order valence-electron chi connectivity index (χ2n) is 4.57. The summed E-state index contributed by atoms with van der Waals surface area (Å²) in [7, 11) is 0. The van der Waals surface area contributed by atoms with E-state index in [2.05, 4.69) is 44.8 Å². The zero-order chi connectivity index (χ0) is 12.3. The van der Waals surface area contributed by atoms with Crippen molar-refractivity contribution >= 4 is 15.9 Å². The lowest BCUT2D eigenvalue weighted by atomic mass is 10.2. The van der Waals surface area contributed by atoms with Gasteiger partial charge in [0.25, 0.3) is 0 Å². The van der Waals surface area contributed by atoms with E-state index in [1.54, 1.807) is 6.33 Å². The summed E-state index contributed by atoms with van der Waals surface area (Å²) < 4.78 is 7.47. The Hall–Kier alpha value is -0.460. The van der Waals surface area contributed by atoms with Crippen molar-refractivity contribution in [1.82, 2.24) is 19.7 Å². The van der Waals surface area contributed by atoms with Crippen LogP contribution in [-0.2, 0) is 11.3 Å². The summed E-state index contributed by atoms with van der Waals surface area (Å²) in [4.78, 5) is 6.76. The largest absolute Gasteiger partial charge is 0.378 e. The molecule has 0 radical (unpaired) electrons. The molecule has 17 heavy (non-hydrogen) atoms. The van der Waals surface area contributed by atoms with Crippen molar-refractivity contribution in [3.05, 3.63) is 12.2 Å². The fraction of sp³-hybridized carbons (Fsp3) is 0.818. The van der Waals surface area contributed by atoms with Gasteiger partial charge in [-0.1, -0.05) is 15.9 Å². The predicted molar refractivity (Wildman–Crippen MR) is 69.2 cm³/mol. The number of ether oxygens (including phenoxy) is 1. The highest BCUT2D eigenvalue weighted by Gasteiger charge is 2.23. The van der Waals surface area contributed by atoms with Crippen LogP contribution in [0.4, 0.5) is 0 Å². The Labute approximate surface area is 110 Å². The molecule has 6 heteroatoms. The van der Waals surface area contributed by atoms with Crippen LogP contribution in [0.3, 0.4) is 0 Å². The molecule has 0 aromatic carbocycles. The van der Waals surface area contributed by atoms with Crippen LogP contribution >= 0.6 is 15.9 Å². The lowest BCUT2D eigenvalue weighted by molar-refractivity contribution is -0.00395. The molecule has 0 saturated carbocycles. The fourth-order valence-corrected chi connectivity index (χ4v) is 2.64. The molecule has 0 aliphatic carbocycles. The zero-order valence-corrected chi connectivity index (χ0v) is 11.9. The topological polar surface area (TPSA) is 43.2 Å². The van der Waals surface area contributed by atoms with Crippen molar-refractivity contribution in [1.29, 1.82) is 0 Å². The molecule has 5 nitrogen and oxygen atoms in total. The molecule has 0 bridgehead atoms. The molecular weight excluding hydrogens is 284 g/mol. The Balaban J connectivity index is 2.05. The minimum absolute atomic E-state index is 0.357. The first-order chi connectivity index (χ1) is 8.22. The second kappa shape index (κ2) is 5.93. The number of alkyl halides is 1. The summed E-state index contributed by atoms with van der Waals surface area (Å²) in [6.07, 6.45) is 1.64. The first-order valence-electron chi connectivity index (χ1n) is 5.98. The zero-order valence-electron chi connectivity index (χ0n) is 10.3. The van der Waals surface area contributed by atoms with Crippen molar-refractivity contribution in [3.63, 3.8) is 0 Å². The van der Waals surface area contributed by atoms with Gasteiger partial charge in [0, 0.05) is 24.0 Å². The maximum Gasteiger partial charge on any atom is 0.141 e. The van der Waals surface area contributed by atoms with E-state index in [9.17, 15) is 0 Å². The summed E-state index contributed by atoms with van der Waals surface area (Å²) >= 11 is 3.54. The number of morpholine rings is 1. The summed E-state index contributed by atoms with van der Waals surface area (Å²) in [5.41, 5.74) is 0. The van der Waals surface area contributed by atoms with Gasteiger partial charge in [0.05, 0.1) is 19.8 Å². The van der Waals surface area contributed by atoms with Crippen LogP contribution in [0.2, 0.25) is 0 Å².